The number of benzene rings is 1. The van der Waals surface area contributed by atoms with E-state index in [4.69, 9.17) is 32.7 Å². The number of nitrogens with zero attached hydrogens (tertiary/aromatic N) is 1. The van der Waals surface area contributed by atoms with Crippen LogP contribution in [0.1, 0.15) is 0 Å². The second kappa shape index (κ2) is 5.43. The predicted molar refractivity (Wildman–Crippen MR) is 63.2 cm³/mol. The van der Waals surface area contributed by atoms with Crippen molar-refractivity contribution in [3.05, 3.63) is 17.2 Å². The van der Waals surface area contributed by atoms with Gasteiger partial charge in [-0.3, -0.25) is 5.43 Å². The predicted octanol–water partition coefficient (Wildman–Crippen LogP) is 0.767. The number of ether oxygens (including phenoxy) is 2. The SMILES string of the molecule is COc1cc(OC)c(N=C(N)NN)cc1Cl. The number of aliphatic imine (C=N–C) groups is 1. The summed E-state index contributed by atoms with van der Waals surface area (Å²) < 4.78 is 10.2. The van der Waals surface area contributed by atoms with Crippen LogP contribution in [0.25, 0.3) is 0 Å². The smallest absolute Gasteiger partial charge is 0.208 e. The molecule has 5 N–H and O–H groups in total. The highest BCUT2D eigenvalue weighted by Crippen LogP contribution is 2.37. The highest BCUT2D eigenvalue weighted by atomic mass is 35.5. The van der Waals surface area contributed by atoms with Gasteiger partial charge >= 0.3 is 0 Å². The Balaban J connectivity index is 3.23. The topological polar surface area (TPSA) is 94.9 Å². The lowest BCUT2D eigenvalue weighted by molar-refractivity contribution is 0.395. The number of hydrazine groups is 1. The fourth-order valence-corrected chi connectivity index (χ4v) is 1.33. The first-order chi connectivity index (χ1) is 7.62. The second-order valence-corrected chi connectivity index (χ2v) is 3.21. The molecule has 0 saturated carbocycles. The third-order valence-corrected chi connectivity index (χ3v) is 2.14. The lowest BCUT2D eigenvalue weighted by atomic mass is 10.3. The number of guanidine groups is 1. The van der Waals surface area contributed by atoms with Crippen LogP contribution in [0, 0.1) is 0 Å². The van der Waals surface area contributed by atoms with Crippen molar-refractivity contribution in [3.8, 4) is 11.5 Å². The molecule has 0 aromatic heterocycles. The lowest BCUT2D eigenvalue weighted by Crippen LogP contribution is -2.36. The maximum atomic E-state index is 5.94. The van der Waals surface area contributed by atoms with E-state index in [1.54, 1.807) is 12.1 Å². The van der Waals surface area contributed by atoms with E-state index in [2.05, 4.69) is 10.4 Å². The summed E-state index contributed by atoms with van der Waals surface area (Å²) in [6, 6.07) is 3.19. The largest absolute Gasteiger partial charge is 0.495 e. The number of hydrogen-bond acceptors (Lipinski definition) is 4. The van der Waals surface area contributed by atoms with Crippen LogP contribution >= 0.6 is 11.6 Å². The summed E-state index contributed by atoms with van der Waals surface area (Å²) in [6.45, 7) is 0. The molecule has 0 spiro atoms. The number of nitrogens with one attached hydrogen (secondary N) is 1. The van der Waals surface area contributed by atoms with E-state index >= 15 is 0 Å². The second-order valence-electron chi connectivity index (χ2n) is 2.80. The van der Waals surface area contributed by atoms with E-state index in [-0.39, 0.29) is 5.96 Å². The minimum Gasteiger partial charge on any atom is -0.495 e. The van der Waals surface area contributed by atoms with Crippen LogP contribution in [0.4, 0.5) is 5.69 Å². The van der Waals surface area contributed by atoms with Gasteiger partial charge in [0.2, 0.25) is 5.96 Å². The quantitative estimate of drug-likeness (QED) is 0.316. The van der Waals surface area contributed by atoms with E-state index in [0.717, 1.165) is 0 Å². The monoisotopic (exact) mass is 244 g/mol. The van der Waals surface area contributed by atoms with Crippen molar-refractivity contribution in [1.82, 2.24) is 5.43 Å². The van der Waals surface area contributed by atoms with Crippen LogP contribution in [0.5, 0.6) is 11.5 Å². The van der Waals surface area contributed by atoms with Crippen molar-refractivity contribution in [2.24, 2.45) is 16.6 Å². The molecule has 0 heterocycles. The molecule has 0 aliphatic rings. The van der Waals surface area contributed by atoms with Gasteiger partial charge in [0.15, 0.2) is 0 Å². The summed E-state index contributed by atoms with van der Waals surface area (Å²) in [4.78, 5) is 3.98. The Morgan fingerprint density at radius 2 is 1.94 bits per heavy atom. The summed E-state index contributed by atoms with van der Waals surface area (Å²) in [6.07, 6.45) is 0. The molecular formula is C9H13ClN4O2. The molecule has 0 atom stereocenters. The Hall–Kier alpha value is -1.66. The van der Waals surface area contributed by atoms with Gasteiger partial charge in [0, 0.05) is 6.07 Å². The first-order valence-electron chi connectivity index (χ1n) is 4.34. The van der Waals surface area contributed by atoms with Crippen molar-refractivity contribution in [2.75, 3.05) is 14.2 Å². The summed E-state index contributed by atoms with van der Waals surface area (Å²) in [7, 11) is 3.02. The molecule has 0 bridgehead atoms. The van der Waals surface area contributed by atoms with Gasteiger partial charge in [-0.25, -0.2) is 10.8 Å². The molecule has 1 rings (SSSR count). The van der Waals surface area contributed by atoms with Crippen LogP contribution in [0.2, 0.25) is 5.02 Å². The Bertz CT molecular complexity index is 409. The third-order valence-electron chi connectivity index (χ3n) is 1.84. The van der Waals surface area contributed by atoms with Crippen LogP contribution < -0.4 is 26.5 Å². The van der Waals surface area contributed by atoms with Crippen molar-refractivity contribution in [1.29, 1.82) is 0 Å². The molecular weight excluding hydrogens is 232 g/mol. The first-order valence-corrected chi connectivity index (χ1v) is 4.72. The maximum absolute atomic E-state index is 5.94. The molecule has 0 aliphatic carbocycles. The van der Waals surface area contributed by atoms with Crippen LogP contribution in [0.15, 0.2) is 17.1 Å². The molecule has 1 aromatic carbocycles. The Kier molecular flexibility index (Phi) is 4.21. The molecule has 0 unspecified atom stereocenters. The highest BCUT2D eigenvalue weighted by molar-refractivity contribution is 6.32. The summed E-state index contributed by atoms with van der Waals surface area (Å²) in [5.74, 6) is 6.14. The van der Waals surface area contributed by atoms with Crippen molar-refractivity contribution in [3.63, 3.8) is 0 Å². The van der Waals surface area contributed by atoms with Gasteiger partial charge in [-0.2, -0.15) is 0 Å². The molecule has 1 aromatic rings. The highest BCUT2D eigenvalue weighted by Gasteiger charge is 2.09. The normalized spacial score (nSPS) is 11.1. The summed E-state index contributed by atoms with van der Waals surface area (Å²) >= 11 is 5.94. The van der Waals surface area contributed by atoms with Gasteiger partial charge in [-0.05, 0) is 6.07 Å². The van der Waals surface area contributed by atoms with E-state index in [1.165, 1.54) is 14.2 Å². The zero-order valence-electron chi connectivity index (χ0n) is 8.95. The van der Waals surface area contributed by atoms with Crippen LogP contribution in [-0.2, 0) is 0 Å². The lowest BCUT2D eigenvalue weighted by Gasteiger charge is -2.09. The molecule has 0 fully saturated rings. The van der Waals surface area contributed by atoms with Gasteiger partial charge in [0.1, 0.15) is 17.2 Å². The molecule has 16 heavy (non-hydrogen) atoms. The Labute approximate surface area is 98.2 Å². The average molecular weight is 245 g/mol. The number of halogens is 1. The molecule has 0 amide bonds. The standard InChI is InChI=1S/C9H13ClN4O2/c1-15-7-4-8(16-2)6(3-5(7)10)13-9(11)14-12/h3-4H,12H2,1-2H3,(H3,11,13,14). The fourth-order valence-electron chi connectivity index (χ4n) is 1.09. The number of methoxy groups -OCH3 is 2. The Morgan fingerprint density at radius 1 is 1.31 bits per heavy atom. The molecule has 0 aliphatic heterocycles. The number of rotatable bonds is 3. The molecule has 6 nitrogen and oxygen atoms in total. The van der Waals surface area contributed by atoms with Gasteiger partial charge < -0.3 is 15.2 Å². The van der Waals surface area contributed by atoms with E-state index in [1.807, 2.05) is 0 Å². The van der Waals surface area contributed by atoms with E-state index in [0.29, 0.717) is 22.2 Å². The first kappa shape index (κ1) is 12.4. The van der Waals surface area contributed by atoms with E-state index in [9.17, 15) is 0 Å². The maximum Gasteiger partial charge on any atom is 0.208 e. The zero-order valence-corrected chi connectivity index (χ0v) is 9.71. The van der Waals surface area contributed by atoms with Gasteiger partial charge in [-0.15, -0.1) is 0 Å². The molecule has 7 heteroatoms. The van der Waals surface area contributed by atoms with Gasteiger partial charge in [0.05, 0.1) is 19.2 Å². The average Bonchev–Trinajstić information content (AvgIpc) is 2.29. The fraction of sp³-hybridized carbons (Fsp3) is 0.222. The summed E-state index contributed by atoms with van der Waals surface area (Å²) in [5.41, 5.74) is 8.11. The van der Waals surface area contributed by atoms with Crippen molar-refractivity contribution in [2.45, 2.75) is 0 Å². The van der Waals surface area contributed by atoms with E-state index < -0.39 is 0 Å². The van der Waals surface area contributed by atoms with Crippen molar-refractivity contribution >= 4 is 23.2 Å². The number of hydrogen-bond donors (Lipinski definition) is 3. The van der Waals surface area contributed by atoms with Gasteiger partial charge in [0.25, 0.3) is 0 Å². The molecule has 88 valence electrons. The number of nitrogens with two attached hydrogens (primary N) is 2. The summed E-state index contributed by atoms with van der Waals surface area (Å²) in [5, 5.41) is 0.409. The van der Waals surface area contributed by atoms with Crippen LogP contribution in [0.3, 0.4) is 0 Å². The zero-order chi connectivity index (χ0) is 12.1. The van der Waals surface area contributed by atoms with Crippen molar-refractivity contribution < 1.29 is 9.47 Å². The Morgan fingerprint density at radius 3 is 2.44 bits per heavy atom. The van der Waals surface area contributed by atoms with Crippen LogP contribution in [-0.4, -0.2) is 20.2 Å². The molecule has 0 radical (unpaired) electrons. The van der Waals surface area contributed by atoms with Gasteiger partial charge in [-0.1, -0.05) is 11.6 Å². The minimum absolute atomic E-state index is 0.0551. The molecule has 0 saturated heterocycles. The minimum atomic E-state index is 0.0551. The third kappa shape index (κ3) is 2.68.